The number of anilines is 3. The Kier molecular flexibility index (Phi) is 20.8. The zero-order valence-corrected chi connectivity index (χ0v) is 49.5. The smallest absolute Gasteiger partial charge is 0.335 e. The van der Waals surface area contributed by atoms with Gasteiger partial charge in [0.2, 0.25) is 0 Å². The highest BCUT2D eigenvalue weighted by molar-refractivity contribution is 6.10. The summed E-state index contributed by atoms with van der Waals surface area (Å²) in [6.45, 7) is 15.0. The van der Waals surface area contributed by atoms with Gasteiger partial charge in [-0.15, -0.1) is 0 Å². The van der Waals surface area contributed by atoms with E-state index in [1.807, 2.05) is 36.4 Å². The van der Waals surface area contributed by atoms with Crippen LogP contribution in [0.15, 0.2) is 194 Å². The lowest BCUT2D eigenvalue weighted by molar-refractivity contribution is 0.0696. The molecule has 0 spiro atoms. The second-order valence-electron chi connectivity index (χ2n) is 22.8. The first-order valence-electron chi connectivity index (χ1n) is 29.8. The number of carboxylic acid groups (broad SMARTS) is 1. The number of hydrogen-bond acceptors (Lipinski definition) is 4. The van der Waals surface area contributed by atoms with Gasteiger partial charge in [-0.3, -0.25) is 0 Å². The summed E-state index contributed by atoms with van der Waals surface area (Å²) in [6, 6.07) is 64.7. The number of benzene rings is 9. The van der Waals surface area contributed by atoms with Crippen molar-refractivity contribution in [2.45, 2.75) is 92.9 Å². The van der Waals surface area contributed by atoms with Gasteiger partial charge in [-0.25, -0.2) is 4.79 Å². The molecule has 9 aromatic rings. The van der Waals surface area contributed by atoms with Crippen LogP contribution in [0.3, 0.4) is 0 Å². The average molecular weight is 1100 g/mol. The molecule has 0 aliphatic heterocycles. The van der Waals surface area contributed by atoms with Crippen LogP contribution in [0.1, 0.15) is 148 Å². The minimum absolute atomic E-state index is 0.208. The lowest BCUT2D eigenvalue weighted by Gasteiger charge is -2.25. The summed E-state index contributed by atoms with van der Waals surface area (Å²) in [5.74, 6) is 30.5. The molecule has 0 aliphatic rings. The SMILES string of the molecule is CC(C)CCC[C@H](C)CCOc1cc(C#Cc2c3ccccc3c(C#Cc3ccc(C#Cc4cccc(C(=O)O)c4)cc3)c3ccccc23)c(OCC[C@@H](C)CCCC(C)C)cc1C#Cc1ccc(N(c2ccccc2)c2ccccc2)cc1. The molecule has 420 valence electrons. The van der Waals surface area contributed by atoms with E-state index < -0.39 is 5.97 Å². The molecule has 0 saturated heterocycles. The van der Waals surface area contributed by atoms with Crippen LogP contribution in [-0.4, -0.2) is 24.3 Å². The molecule has 0 radical (unpaired) electrons. The summed E-state index contributed by atoms with van der Waals surface area (Å²) in [7, 11) is 0. The van der Waals surface area contributed by atoms with Gasteiger partial charge in [-0.05, 0) is 149 Å². The molecule has 0 bridgehead atoms. The molecule has 0 heterocycles. The van der Waals surface area contributed by atoms with E-state index in [1.165, 1.54) is 32.1 Å². The quantitative estimate of drug-likeness (QED) is 0.0609. The first-order valence-corrected chi connectivity index (χ1v) is 29.8. The lowest BCUT2D eigenvalue weighted by atomic mass is 9.91. The van der Waals surface area contributed by atoms with Gasteiger partial charge in [0, 0.05) is 62.6 Å². The van der Waals surface area contributed by atoms with E-state index in [4.69, 9.17) is 9.47 Å². The Labute approximate surface area is 499 Å². The van der Waals surface area contributed by atoms with Gasteiger partial charge in [0.25, 0.3) is 0 Å². The predicted octanol–water partition coefficient (Wildman–Crippen LogP) is 19.2. The maximum atomic E-state index is 11.5. The van der Waals surface area contributed by atoms with Crippen molar-refractivity contribution in [3.8, 4) is 58.9 Å². The number of nitrogens with zero attached hydrogens (tertiary/aromatic N) is 1. The molecule has 5 heteroatoms. The fourth-order valence-corrected chi connectivity index (χ4v) is 10.4. The van der Waals surface area contributed by atoms with Gasteiger partial charge in [-0.1, -0.05) is 218 Å². The van der Waals surface area contributed by atoms with Crippen LogP contribution < -0.4 is 14.4 Å². The largest absolute Gasteiger partial charge is 0.492 e. The zero-order chi connectivity index (χ0) is 58.6. The molecule has 2 atom stereocenters. The Morgan fingerprint density at radius 2 is 0.774 bits per heavy atom. The molecular formula is C79H75NO4. The molecule has 9 rings (SSSR count). The molecule has 84 heavy (non-hydrogen) atoms. The summed E-state index contributed by atoms with van der Waals surface area (Å²) in [5.41, 5.74) is 9.94. The van der Waals surface area contributed by atoms with Crippen LogP contribution in [0.4, 0.5) is 17.1 Å². The fourth-order valence-electron chi connectivity index (χ4n) is 10.4. The molecule has 0 aromatic heterocycles. The van der Waals surface area contributed by atoms with Crippen molar-refractivity contribution in [1.29, 1.82) is 0 Å². The highest BCUT2D eigenvalue weighted by Crippen LogP contribution is 2.36. The topological polar surface area (TPSA) is 59.0 Å². The van der Waals surface area contributed by atoms with Crippen molar-refractivity contribution < 1.29 is 19.4 Å². The molecule has 1 N–H and O–H groups in total. The molecule has 0 amide bonds. The summed E-state index contributed by atoms with van der Waals surface area (Å²) in [5, 5.41) is 13.5. The second-order valence-corrected chi connectivity index (χ2v) is 22.8. The highest BCUT2D eigenvalue weighted by Gasteiger charge is 2.17. The summed E-state index contributed by atoms with van der Waals surface area (Å²) >= 11 is 0. The zero-order valence-electron chi connectivity index (χ0n) is 49.5. The van der Waals surface area contributed by atoms with Crippen molar-refractivity contribution >= 4 is 44.6 Å². The van der Waals surface area contributed by atoms with E-state index in [0.717, 1.165) is 96.8 Å². The van der Waals surface area contributed by atoms with Crippen LogP contribution in [0, 0.1) is 71.0 Å². The minimum Gasteiger partial charge on any atom is -0.492 e. The molecule has 5 nitrogen and oxygen atoms in total. The van der Waals surface area contributed by atoms with E-state index >= 15 is 0 Å². The van der Waals surface area contributed by atoms with E-state index in [-0.39, 0.29) is 5.56 Å². The van der Waals surface area contributed by atoms with Crippen molar-refractivity contribution in [2.24, 2.45) is 23.7 Å². The number of carbonyl (C=O) groups is 1. The van der Waals surface area contributed by atoms with E-state index in [0.29, 0.717) is 53.9 Å². The van der Waals surface area contributed by atoms with Crippen LogP contribution in [0.5, 0.6) is 11.5 Å². The van der Waals surface area contributed by atoms with Gasteiger partial charge < -0.3 is 19.5 Å². The lowest BCUT2D eigenvalue weighted by Crippen LogP contribution is -2.09. The Balaban J connectivity index is 1.08. The Morgan fingerprint density at radius 3 is 1.23 bits per heavy atom. The summed E-state index contributed by atoms with van der Waals surface area (Å²) in [6.07, 6.45) is 9.06. The standard InChI is InChI=1S/C79H75NO4/c1-57(2)20-17-22-59(5)50-52-83-77-56-66(78(84-53-51-60(6)23-18-21-58(3)4)55-65(77)44-40-63-41-46-70(47-42-63)80(68-26-9-7-10-27-68)69-28-11-8-12-29-69)45-49-76-73-32-15-13-30-71(73)75(72-31-14-16-33-74(72)76)48-43-62-36-34-61(35-37-62)38-39-64-24-19-25-67(54-64)79(81)82/h7-16,19,24-37,41-42,46-47,54-60H,17-18,20-23,50-53H2,1-6H3,(H,81,82)/t59-,60-/m0/s1. The minimum atomic E-state index is -0.978. The third-order valence-electron chi connectivity index (χ3n) is 15.2. The van der Waals surface area contributed by atoms with Gasteiger partial charge in [0.05, 0.1) is 29.9 Å². The first kappa shape index (κ1) is 59.2. The maximum absolute atomic E-state index is 11.5. The van der Waals surface area contributed by atoms with E-state index in [1.54, 1.807) is 24.3 Å². The second kappa shape index (κ2) is 29.5. The van der Waals surface area contributed by atoms with Gasteiger partial charge in [0.1, 0.15) is 11.5 Å². The van der Waals surface area contributed by atoms with Crippen molar-refractivity contribution in [1.82, 2.24) is 0 Å². The van der Waals surface area contributed by atoms with Crippen molar-refractivity contribution in [3.05, 3.63) is 244 Å². The Morgan fingerprint density at radius 1 is 0.393 bits per heavy atom. The third kappa shape index (κ3) is 16.4. The molecule has 0 unspecified atom stereocenters. The highest BCUT2D eigenvalue weighted by atomic mass is 16.5. The predicted molar refractivity (Wildman–Crippen MR) is 349 cm³/mol. The molecule has 0 saturated carbocycles. The van der Waals surface area contributed by atoms with Crippen LogP contribution >= 0.6 is 0 Å². The van der Waals surface area contributed by atoms with E-state index in [9.17, 15) is 9.90 Å². The van der Waals surface area contributed by atoms with Crippen molar-refractivity contribution in [3.63, 3.8) is 0 Å². The Bertz CT molecular complexity index is 3850. The van der Waals surface area contributed by atoms with Crippen LogP contribution in [-0.2, 0) is 0 Å². The molecule has 0 aliphatic carbocycles. The fraction of sp³-hybridized carbons (Fsp3) is 0.253. The molecule has 9 aromatic carbocycles. The number of ether oxygens (including phenoxy) is 2. The number of rotatable bonds is 20. The van der Waals surface area contributed by atoms with Crippen molar-refractivity contribution in [2.75, 3.05) is 18.1 Å². The van der Waals surface area contributed by atoms with Crippen LogP contribution in [0.2, 0.25) is 0 Å². The molecule has 0 fully saturated rings. The number of hydrogen-bond donors (Lipinski definition) is 1. The summed E-state index contributed by atoms with van der Waals surface area (Å²) < 4.78 is 13.7. The van der Waals surface area contributed by atoms with Gasteiger partial charge in [-0.2, -0.15) is 0 Å². The van der Waals surface area contributed by atoms with E-state index in [2.05, 4.69) is 227 Å². The maximum Gasteiger partial charge on any atom is 0.335 e. The van der Waals surface area contributed by atoms with Crippen LogP contribution in [0.25, 0.3) is 21.5 Å². The Hall–Kier alpha value is -9.39. The first-order chi connectivity index (χ1) is 40.9. The number of para-hydroxylation sites is 2. The van der Waals surface area contributed by atoms with Gasteiger partial charge >= 0.3 is 5.97 Å². The number of fused-ring (bicyclic) bond motifs is 2. The van der Waals surface area contributed by atoms with Gasteiger partial charge in [0.15, 0.2) is 0 Å². The third-order valence-corrected chi connectivity index (χ3v) is 15.2. The normalized spacial score (nSPS) is 11.5. The average Bonchev–Trinajstić information content (AvgIpc) is 1.57. The monoisotopic (exact) mass is 1100 g/mol. The summed E-state index contributed by atoms with van der Waals surface area (Å²) in [4.78, 5) is 13.7. The number of aromatic carboxylic acids is 1. The molecular weight excluding hydrogens is 1030 g/mol. The number of carboxylic acids is 1.